The summed E-state index contributed by atoms with van der Waals surface area (Å²) in [4.78, 5) is 23.8. The van der Waals surface area contributed by atoms with Crippen LogP contribution in [0.3, 0.4) is 0 Å². The Bertz CT molecular complexity index is 804. The lowest BCUT2D eigenvalue weighted by Crippen LogP contribution is -2.15. The average Bonchev–Trinajstić information content (AvgIpc) is 2.53. The van der Waals surface area contributed by atoms with E-state index in [9.17, 15) is 9.59 Å². The Hall–Kier alpha value is -2.54. The number of methoxy groups -OCH3 is 2. The second kappa shape index (κ2) is 7.35. The molecular formula is C17H16BrNO5. The van der Waals surface area contributed by atoms with Crippen LogP contribution in [0.2, 0.25) is 0 Å². The number of nitrogens with one attached hydrogen (secondary N) is 1. The highest BCUT2D eigenvalue weighted by Gasteiger charge is 2.18. The molecule has 2 rings (SSSR count). The number of hydrogen-bond donors (Lipinski definition) is 2. The third-order valence-corrected chi connectivity index (χ3v) is 3.84. The van der Waals surface area contributed by atoms with Gasteiger partial charge in [0.05, 0.1) is 31.0 Å². The second-order valence-electron chi connectivity index (χ2n) is 4.98. The van der Waals surface area contributed by atoms with Crippen LogP contribution in [0.5, 0.6) is 11.5 Å². The number of carbonyl (C=O) groups excluding carboxylic acids is 1. The van der Waals surface area contributed by atoms with E-state index in [-0.39, 0.29) is 11.3 Å². The van der Waals surface area contributed by atoms with Gasteiger partial charge in [-0.1, -0.05) is 15.9 Å². The first-order chi connectivity index (χ1) is 11.4. The fourth-order valence-corrected chi connectivity index (χ4v) is 2.87. The van der Waals surface area contributed by atoms with Crippen molar-refractivity contribution in [3.63, 3.8) is 0 Å². The van der Waals surface area contributed by atoms with Gasteiger partial charge in [0.1, 0.15) is 11.5 Å². The first-order valence-corrected chi connectivity index (χ1v) is 7.73. The Labute approximate surface area is 147 Å². The molecule has 0 radical (unpaired) electrons. The topological polar surface area (TPSA) is 84.9 Å². The van der Waals surface area contributed by atoms with Gasteiger partial charge in [-0.25, -0.2) is 4.79 Å². The van der Waals surface area contributed by atoms with Crippen molar-refractivity contribution in [1.82, 2.24) is 0 Å². The molecule has 0 bridgehead atoms. The van der Waals surface area contributed by atoms with Crippen molar-refractivity contribution in [3.8, 4) is 11.5 Å². The van der Waals surface area contributed by atoms with E-state index in [1.807, 2.05) is 13.0 Å². The number of carboxylic acid groups (broad SMARTS) is 1. The number of aromatic carboxylic acids is 1. The van der Waals surface area contributed by atoms with Crippen LogP contribution in [0.15, 0.2) is 34.8 Å². The van der Waals surface area contributed by atoms with Crippen LogP contribution in [0.1, 0.15) is 26.3 Å². The van der Waals surface area contributed by atoms with Crippen molar-refractivity contribution >= 4 is 33.5 Å². The molecular weight excluding hydrogens is 378 g/mol. The number of ether oxygens (including phenoxy) is 2. The average molecular weight is 394 g/mol. The zero-order valence-corrected chi connectivity index (χ0v) is 14.9. The van der Waals surface area contributed by atoms with Crippen molar-refractivity contribution in [2.24, 2.45) is 0 Å². The quantitative estimate of drug-likeness (QED) is 0.808. The molecule has 6 nitrogen and oxygen atoms in total. The summed E-state index contributed by atoms with van der Waals surface area (Å²) in [5, 5.41) is 11.8. The van der Waals surface area contributed by atoms with Crippen LogP contribution in [-0.2, 0) is 0 Å². The minimum Gasteiger partial charge on any atom is -0.496 e. The lowest BCUT2D eigenvalue weighted by Gasteiger charge is -2.14. The molecule has 24 heavy (non-hydrogen) atoms. The summed E-state index contributed by atoms with van der Waals surface area (Å²) in [5.74, 6) is -0.718. The zero-order chi connectivity index (χ0) is 17.9. The van der Waals surface area contributed by atoms with Crippen LogP contribution in [0, 0.1) is 6.92 Å². The minimum atomic E-state index is -1.09. The first-order valence-electron chi connectivity index (χ1n) is 6.94. The number of rotatable bonds is 5. The minimum absolute atomic E-state index is 0.0449. The maximum absolute atomic E-state index is 12.6. The Balaban J connectivity index is 2.43. The van der Waals surface area contributed by atoms with E-state index in [2.05, 4.69) is 21.2 Å². The fourth-order valence-electron chi connectivity index (χ4n) is 2.30. The van der Waals surface area contributed by atoms with E-state index in [4.69, 9.17) is 14.6 Å². The normalized spacial score (nSPS) is 10.2. The van der Waals surface area contributed by atoms with Gasteiger partial charge in [0, 0.05) is 4.47 Å². The van der Waals surface area contributed by atoms with Gasteiger partial charge in [-0.2, -0.15) is 0 Å². The predicted octanol–water partition coefficient (Wildman–Crippen LogP) is 3.73. The summed E-state index contributed by atoms with van der Waals surface area (Å²) in [6.07, 6.45) is 0. The highest BCUT2D eigenvalue weighted by Crippen LogP contribution is 2.31. The van der Waals surface area contributed by atoms with Crippen molar-refractivity contribution < 1.29 is 24.2 Å². The van der Waals surface area contributed by atoms with Gasteiger partial charge < -0.3 is 19.9 Å². The summed E-state index contributed by atoms with van der Waals surface area (Å²) in [6, 6.07) is 7.70. The van der Waals surface area contributed by atoms with Crippen molar-refractivity contribution in [1.29, 1.82) is 0 Å². The third-order valence-electron chi connectivity index (χ3n) is 3.38. The van der Waals surface area contributed by atoms with Gasteiger partial charge >= 0.3 is 5.97 Å². The number of carbonyl (C=O) groups is 2. The molecule has 2 N–H and O–H groups in total. The number of benzene rings is 2. The lowest BCUT2D eigenvalue weighted by atomic mass is 10.1. The summed E-state index contributed by atoms with van der Waals surface area (Å²) in [7, 11) is 2.92. The van der Waals surface area contributed by atoms with Crippen molar-refractivity contribution in [2.75, 3.05) is 19.5 Å². The lowest BCUT2D eigenvalue weighted by molar-refractivity contribution is 0.0696. The van der Waals surface area contributed by atoms with Gasteiger partial charge in [-0.3, -0.25) is 4.79 Å². The molecule has 2 aromatic rings. The Kier molecular flexibility index (Phi) is 5.46. The van der Waals surface area contributed by atoms with E-state index in [1.165, 1.54) is 32.4 Å². The molecule has 0 atom stereocenters. The Morgan fingerprint density at radius 2 is 1.83 bits per heavy atom. The van der Waals surface area contributed by atoms with Gasteiger partial charge in [0.25, 0.3) is 5.91 Å². The van der Waals surface area contributed by atoms with E-state index in [0.717, 1.165) is 10.0 Å². The Morgan fingerprint density at radius 1 is 1.12 bits per heavy atom. The molecule has 7 heteroatoms. The SMILES string of the molecule is COc1ccc(C(=O)O)cc1NC(=O)c1cc(Br)cc(C)c1OC. The van der Waals surface area contributed by atoms with Crippen LogP contribution < -0.4 is 14.8 Å². The molecule has 0 aromatic heterocycles. The van der Waals surface area contributed by atoms with Gasteiger partial charge in [-0.05, 0) is 42.8 Å². The number of carboxylic acids is 1. The van der Waals surface area contributed by atoms with E-state index in [0.29, 0.717) is 17.1 Å². The van der Waals surface area contributed by atoms with Crippen LogP contribution in [0.4, 0.5) is 5.69 Å². The highest BCUT2D eigenvalue weighted by atomic mass is 79.9. The van der Waals surface area contributed by atoms with E-state index < -0.39 is 11.9 Å². The second-order valence-corrected chi connectivity index (χ2v) is 5.89. The number of hydrogen-bond acceptors (Lipinski definition) is 4. The van der Waals surface area contributed by atoms with Gasteiger partial charge in [-0.15, -0.1) is 0 Å². The van der Waals surface area contributed by atoms with Crippen molar-refractivity contribution in [3.05, 3.63) is 51.5 Å². The van der Waals surface area contributed by atoms with E-state index >= 15 is 0 Å². The standard InChI is InChI=1S/C17H16BrNO5/c1-9-6-11(18)8-12(15(9)24-3)16(20)19-13-7-10(17(21)22)4-5-14(13)23-2/h4-8H,1-3H3,(H,19,20)(H,21,22). The number of anilines is 1. The van der Waals surface area contributed by atoms with Gasteiger partial charge in [0.15, 0.2) is 0 Å². The monoisotopic (exact) mass is 393 g/mol. The molecule has 0 saturated heterocycles. The molecule has 2 aromatic carbocycles. The van der Waals surface area contributed by atoms with Crippen LogP contribution in [-0.4, -0.2) is 31.2 Å². The maximum Gasteiger partial charge on any atom is 0.335 e. The zero-order valence-electron chi connectivity index (χ0n) is 13.3. The number of halogens is 1. The van der Waals surface area contributed by atoms with E-state index in [1.54, 1.807) is 6.07 Å². The molecule has 0 aliphatic carbocycles. The molecule has 0 heterocycles. The fraction of sp³-hybridized carbons (Fsp3) is 0.176. The molecule has 0 spiro atoms. The molecule has 0 unspecified atom stereocenters. The molecule has 0 aliphatic heterocycles. The molecule has 126 valence electrons. The van der Waals surface area contributed by atoms with Crippen molar-refractivity contribution in [2.45, 2.75) is 6.92 Å². The smallest absolute Gasteiger partial charge is 0.335 e. The largest absolute Gasteiger partial charge is 0.496 e. The number of aryl methyl sites for hydroxylation is 1. The molecule has 0 saturated carbocycles. The molecule has 1 amide bonds. The summed E-state index contributed by atoms with van der Waals surface area (Å²) < 4.78 is 11.2. The maximum atomic E-state index is 12.6. The summed E-state index contributed by atoms with van der Waals surface area (Å²) in [5.41, 5.74) is 1.43. The summed E-state index contributed by atoms with van der Waals surface area (Å²) >= 11 is 3.35. The predicted molar refractivity (Wildman–Crippen MR) is 93.3 cm³/mol. The van der Waals surface area contributed by atoms with Gasteiger partial charge in [0.2, 0.25) is 0 Å². The Morgan fingerprint density at radius 3 is 2.42 bits per heavy atom. The summed E-state index contributed by atoms with van der Waals surface area (Å²) in [6.45, 7) is 1.83. The molecule has 0 aliphatic rings. The third kappa shape index (κ3) is 3.68. The molecule has 0 fully saturated rings. The first kappa shape index (κ1) is 17.8. The number of amides is 1. The highest BCUT2D eigenvalue weighted by molar-refractivity contribution is 9.10. The van der Waals surface area contributed by atoms with Crippen LogP contribution in [0.25, 0.3) is 0 Å². The van der Waals surface area contributed by atoms with Crippen LogP contribution >= 0.6 is 15.9 Å².